The van der Waals surface area contributed by atoms with Crippen LogP contribution < -0.4 is 9.47 Å². The Morgan fingerprint density at radius 1 is 1.39 bits per heavy atom. The normalized spacial score (nSPS) is 11.2. The smallest absolute Gasteiger partial charge is 0.341 e. The first-order valence-corrected chi connectivity index (χ1v) is 6.27. The number of hydrogen-bond donors (Lipinski definition) is 1. The molecule has 0 atom stereocenters. The highest BCUT2D eigenvalue weighted by Crippen LogP contribution is 2.40. The standard InChI is InChI=1S/C13H17BrO4/c1-13(2,3)9-5-8(17-4)6-10(14)12(9)18-7-11(15)16/h5-6H,7H2,1-4H3,(H,15,16). The summed E-state index contributed by atoms with van der Waals surface area (Å²) in [6.45, 7) is 5.72. The molecule has 1 aromatic carbocycles. The van der Waals surface area contributed by atoms with Gasteiger partial charge in [0.25, 0.3) is 0 Å². The van der Waals surface area contributed by atoms with Crippen molar-refractivity contribution in [2.24, 2.45) is 0 Å². The van der Waals surface area contributed by atoms with Crippen molar-refractivity contribution in [3.63, 3.8) is 0 Å². The second-order valence-electron chi connectivity index (χ2n) is 4.92. The number of carbonyl (C=O) groups is 1. The van der Waals surface area contributed by atoms with Gasteiger partial charge in [-0.1, -0.05) is 20.8 Å². The van der Waals surface area contributed by atoms with Gasteiger partial charge in [-0.2, -0.15) is 0 Å². The fourth-order valence-electron chi connectivity index (χ4n) is 1.52. The molecule has 18 heavy (non-hydrogen) atoms. The summed E-state index contributed by atoms with van der Waals surface area (Å²) in [6.07, 6.45) is 0. The van der Waals surface area contributed by atoms with Gasteiger partial charge in [0, 0.05) is 5.56 Å². The quantitative estimate of drug-likeness (QED) is 0.926. The summed E-state index contributed by atoms with van der Waals surface area (Å²) >= 11 is 3.38. The number of rotatable bonds is 4. The first kappa shape index (κ1) is 14.8. The molecule has 0 aromatic heterocycles. The number of carboxylic acid groups (broad SMARTS) is 1. The van der Waals surface area contributed by atoms with E-state index in [0.29, 0.717) is 16.0 Å². The molecule has 0 aliphatic rings. The van der Waals surface area contributed by atoms with Gasteiger partial charge in [-0.25, -0.2) is 4.79 Å². The van der Waals surface area contributed by atoms with Crippen LogP contribution >= 0.6 is 15.9 Å². The lowest BCUT2D eigenvalue weighted by molar-refractivity contribution is -0.139. The van der Waals surface area contributed by atoms with E-state index in [1.54, 1.807) is 13.2 Å². The minimum Gasteiger partial charge on any atom is -0.497 e. The molecule has 0 saturated heterocycles. The van der Waals surface area contributed by atoms with E-state index in [0.717, 1.165) is 5.56 Å². The summed E-state index contributed by atoms with van der Waals surface area (Å²) in [7, 11) is 1.59. The summed E-state index contributed by atoms with van der Waals surface area (Å²) in [4.78, 5) is 10.6. The Morgan fingerprint density at radius 3 is 2.44 bits per heavy atom. The number of methoxy groups -OCH3 is 1. The molecule has 0 saturated carbocycles. The van der Waals surface area contributed by atoms with E-state index in [2.05, 4.69) is 15.9 Å². The van der Waals surface area contributed by atoms with Crippen LogP contribution in [0.15, 0.2) is 16.6 Å². The van der Waals surface area contributed by atoms with E-state index < -0.39 is 5.97 Å². The summed E-state index contributed by atoms with van der Waals surface area (Å²) < 4.78 is 11.3. The third-order valence-electron chi connectivity index (χ3n) is 2.40. The van der Waals surface area contributed by atoms with Gasteiger partial charge in [0.15, 0.2) is 6.61 Å². The maximum absolute atomic E-state index is 10.6. The highest BCUT2D eigenvalue weighted by atomic mass is 79.9. The molecule has 0 aliphatic carbocycles. The number of aliphatic carboxylic acids is 1. The zero-order valence-corrected chi connectivity index (χ0v) is 12.5. The first-order valence-electron chi connectivity index (χ1n) is 5.48. The van der Waals surface area contributed by atoms with Crippen molar-refractivity contribution in [2.45, 2.75) is 26.2 Å². The number of hydrogen-bond acceptors (Lipinski definition) is 3. The highest BCUT2D eigenvalue weighted by Gasteiger charge is 2.23. The molecule has 0 unspecified atom stereocenters. The van der Waals surface area contributed by atoms with Crippen LogP contribution in [0, 0.1) is 0 Å². The van der Waals surface area contributed by atoms with Crippen molar-refractivity contribution >= 4 is 21.9 Å². The predicted octanol–water partition coefficient (Wildman–Crippen LogP) is 3.22. The average Bonchev–Trinajstić information content (AvgIpc) is 2.24. The Bertz CT molecular complexity index is 449. The van der Waals surface area contributed by atoms with E-state index in [1.807, 2.05) is 26.8 Å². The lowest BCUT2D eigenvalue weighted by Crippen LogP contribution is -2.17. The van der Waals surface area contributed by atoms with Crippen molar-refractivity contribution in [1.82, 2.24) is 0 Å². The van der Waals surface area contributed by atoms with Crippen LogP contribution in [0.2, 0.25) is 0 Å². The van der Waals surface area contributed by atoms with E-state index in [-0.39, 0.29) is 12.0 Å². The number of halogens is 1. The lowest BCUT2D eigenvalue weighted by atomic mass is 9.86. The van der Waals surface area contributed by atoms with Gasteiger partial charge in [-0.05, 0) is 33.5 Å². The number of carboxylic acids is 1. The fraction of sp³-hybridized carbons (Fsp3) is 0.462. The van der Waals surface area contributed by atoms with E-state index in [4.69, 9.17) is 14.6 Å². The molecule has 1 aromatic rings. The summed E-state index contributed by atoms with van der Waals surface area (Å²) in [5, 5.41) is 8.70. The maximum atomic E-state index is 10.6. The molecule has 0 amide bonds. The second-order valence-corrected chi connectivity index (χ2v) is 5.77. The third-order valence-corrected chi connectivity index (χ3v) is 2.99. The molecule has 0 aliphatic heterocycles. The third kappa shape index (κ3) is 3.63. The fourth-order valence-corrected chi connectivity index (χ4v) is 2.08. The minimum atomic E-state index is -1.00. The molecular formula is C13H17BrO4. The largest absolute Gasteiger partial charge is 0.497 e. The van der Waals surface area contributed by atoms with Crippen molar-refractivity contribution in [2.75, 3.05) is 13.7 Å². The van der Waals surface area contributed by atoms with Crippen molar-refractivity contribution < 1.29 is 19.4 Å². The van der Waals surface area contributed by atoms with E-state index in [9.17, 15) is 4.79 Å². The van der Waals surface area contributed by atoms with Crippen LogP contribution in [0.5, 0.6) is 11.5 Å². The SMILES string of the molecule is COc1cc(Br)c(OCC(=O)O)c(C(C)(C)C)c1. The molecular weight excluding hydrogens is 300 g/mol. The van der Waals surface area contributed by atoms with Crippen LogP contribution in [-0.2, 0) is 10.2 Å². The average molecular weight is 317 g/mol. The molecule has 0 radical (unpaired) electrons. The van der Waals surface area contributed by atoms with Gasteiger partial charge in [-0.3, -0.25) is 0 Å². The Morgan fingerprint density at radius 2 is 2.00 bits per heavy atom. The Balaban J connectivity index is 3.25. The molecule has 4 nitrogen and oxygen atoms in total. The van der Waals surface area contributed by atoms with Crippen molar-refractivity contribution in [3.05, 3.63) is 22.2 Å². The van der Waals surface area contributed by atoms with Gasteiger partial charge in [0.1, 0.15) is 11.5 Å². The summed E-state index contributed by atoms with van der Waals surface area (Å²) in [5.41, 5.74) is 0.722. The first-order chi connectivity index (χ1) is 8.25. The Kier molecular flexibility index (Phi) is 4.62. The summed E-state index contributed by atoms with van der Waals surface area (Å²) in [5.74, 6) is 0.248. The lowest BCUT2D eigenvalue weighted by Gasteiger charge is -2.24. The topological polar surface area (TPSA) is 55.8 Å². The van der Waals surface area contributed by atoms with Gasteiger partial charge < -0.3 is 14.6 Å². The van der Waals surface area contributed by atoms with Crippen molar-refractivity contribution in [3.8, 4) is 11.5 Å². The van der Waals surface area contributed by atoms with Crippen LogP contribution in [0.4, 0.5) is 0 Å². The van der Waals surface area contributed by atoms with Gasteiger partial charge in [-0.15, -0.1) is 0 Å². The van der Waals surface area contributed by atoms with E-state index in [1.165, 1.54) is 0 Å². The van der Waals surface area contributed by atoms with Gasteiger partial charge in [0.05, 0.1) is 11.6 Å². The molecule has 5 heteroatoms. The zero-order chi connectivity index (χ0) is 13.9. The Labute approximate surface area is 115 Å². The molecule has 1 N–H and O–H groups in total. The molecule has 100 valence electrons. The highest BCUT2D eigenvalue weighted by molar-refractivity contribution is 9.10. The van der Waals surface area contributed by atoms with Crippen molar-refractivity contribution in [1.29, 1.82) is 0 Å². The van der Waals surface area contributed by atoms with Crippen LogP contribution in [0.3, 0.4) is 0 Å². The minimum absolute atomic E-state index is 0.176. The summed E-state index contributed by atoms with van der Waals surface area (Å²) in [6, 6.07) is 3.62. The predicted molar refractivity (Wildman–Crippen MR) is 72.5 cm³/mol. The number of benzene rings is 1. The zero-order valence-electron chi connectivity index (χ0n) is 10.9. The van der Waals surface area contributed by atoms with E-state index >= 15 is 0 Å². The van der Waals surface area contributed by atoms with Gasteiger partial charge >= 0.3 is 5.97 Å². The second kappa shape index (κ2) is 5.61. The maximum Gasteiger partial charge on any atom is 0.341 e. The monoisotopic (exact) mass is 316 g/mol. The molecule has 0 fully saturated rings. The molecule has 0 bridgehead atoms. The van der Waals surface area contributed by atoms with Gasteiger partial charge in [0.2, 0.25) is 0 Å². The van der Waals surface area contributed by atoms with Crippen LogP contribution in [-0.4, -0.2) is 24.8 Å². The number of ether oxygens (including phenoxy) is 2. The Hall–Kier alpha value is -1.23. The molecule has 1 rings (SSSR count). The molecule has 0 spiro atoms. The van der Waals surface area contributed by atoms with Crippen LogP contribution in [0.1, 0.15) is 26.3 Å². The molecule has 0 heterocycles. The van der Waals surface area contributed by atoms with Crippen LogP contribution in [0.25, 0.3) is 0 Å².